The van der Waals surface area contributed by atoms with Crippen molar-refractivity contribution in [3.05, 3.63) is 0 Å². The van der Waals surface area contributed by atoms with Crippen molar-refractivity contribution in [2.75, 3.05) is 21.0 Å². The topological polar surface area (TPSA) is 61.8 Å². The minimum absolute atomic E-state index is 0.0132. The predicted molar refractivity (Wildman–Crippen MR) is 62.5 cm³/mol. The molecule has 0 radical (unpaired) electrons. The molecule has 0 aliphatic rings. The van der Waals surface area contributed by atoms with E-state index in [4.69, 9.17) is 9.47 Å². The first-order valence-corrected chi connectivity index (χ1v) is 5.85. The second kappa shape index (κ2) is 11.5. The monoisotopic (exact) mass is 246 g/mol. The lowest BCUT2D eigenvalue weighted by atomic mass is 10.1. The summed E-state index contributed by atoms with van der Waals surface area (Å²) in [4.78, 5) is 21.2. The third kappa shape index (κ3) is 9.96. The van der Waals surface area contributed by atoms with E-state index >= 15 is 0 Å². The van der Waals surface area contributed by atoms with Gasteiger partial charge < -0.3 is 19.0 Å². The molecule has 100 valence electrons. The summed E-state index contributed by atoms with van der Waals surface area (Å²) in [5.41, 5.74) is 0. The van der Waals surface area contributed by atoms with Gasteiger partial charge in [0.25, 0.3) is 0 Å². The van der Waals surface area contributed by atoms with Crippen molar-refractivity contribution in [1.29, 1.82) is 0 Å². The lowest BCUT2D eigenvalue weighted by Gasteiger charge is -2.16. The van der Waals surface area contributed by atoms with Gasteiger partial charge in [-0.3, -0.25) is 4.79 Å². The highest BCUT2D eigenvalue weighted by Gasteiger charge is 2.11. The Hall–Kier alpha value is -0.940. The lowest BCUT2D eigenvalue weighted by Crippen LogP contribution is -2.17. The highest BCUT2D eigenvalue weighted by atomic mass is 16.7. The molecule has 0 aromatic rings. The maximum Gasteiger partial charge on any atom is 0.305 e. The number of ether oxygens (including phenoxy) is 3. The number of methoxy groups -OCH3 is 2. The summed E-state index contributed by atoms with van der Waals surface area (Å²) in [6.45, 7) is 0.222. The van der Waals surface area contributed by atoms with E-state index in [0.29, 0.717) is 19.3 Å². The molecular formula is C12H22O5. The van der Waals surface area contributed by atoms with E-state index in [9.17, 15) is 9.59 Å². The van der Waals surface area contributed by atoms with Crippen molar-refractivity contribution in [2.24, 2.45) is 0 Å². The van der Waals surface area contributed by atoms with Crippen LogP contribution in [0.5, 0.6) is 0 Å². The number of hydrogen-bond donors (Lipinski definition) is 0. The van der Waals surface area contributed by atoms with Crippen LogP contribution in [-0.2, 0) is 23.8 Å². The van der Waals surface area contributed by atoms with Crippen LogP contribution < -0.4 is 0 Å². The van der Waals surface area contributed by atoms with Gasteiger partial charge in [0.1, 0.15) is 13.1 Å². The Balaban J connectivity index is 3.78. The summed E-state index contributed by atoms with van der Waals surface area (Å²) < 4.78 is 14.9. The van der Waals surface area contributed by atoms with E-state index in [2.05, 4.69) is 4.74 Å². The number of rotatable bonds is 11. The van der Waals surface area contributed by atoms with Crippen LogP contribution in [0, 0.1) is 0 Å². The fourth-order valence-corrected chi connectivity index (χ4v) is 1.46. The highest BCUT2D eigenvalue weighted by Crippen LogP contribution is 2.12. The van der Waals surface area contributed by atoms with E-state index in [1.165, 1.54) is 7.11 Å². The zero-order chi connectivity index (χ0) is 12.9. The van der Waals surface area contributed by atoms with Gasteiger partial charge in [0, 0.05) is 20.0 Å². The van der Waals surface area contributed by atoms with Crippen molar-refractivity contribution >= 4 is 12.3 Å². The zero-order valence-electron chi connectivity index (χ0n) is 10.6. The Labute approximate surface area is 102 Å². The number of unbranched alkanes of at least 4 members (excludes halogenated alkanes) is 2. The van der Waals surface area contributed by atoms with E-state index in [1.54, 1.807) is 7.11 Å². The van der Waals surface area contributed by atoms with Gasteiger partial charge >= 0.3 is 5.97 Å². The first-order chi connectivity index (χ1) is 8.24. The fourth-order valence-electron chi connectivity index (χ4n) is 1.46. The molecule has 0 heterocycles. The molecule has 0 N–H and O–H groups in total. The van der Waals surface area contributed by atoms with Crippen LogP contribution in [0.4, 0.5) is 0 Å². The van der Waals surface area contributed by atoms with Crippen molar-refractivity contribution in [3.63, 3.8) is 0 Å². The molecule has 0 saturated carbocycles. The Kier molecular flexibility index (Phi) is 10.9. The zero-order valence-corrected chi connectivity index (χ0v) is 10.6. The minimum atomic E-state index is -0.232. The molecule has 0 rings (SSSR count). The van der Waals surface area contributed by atoms with E-state index in [1.807, 2.05) is 0 Å². The standard InChI is InChI=1S/C12H22O5/c1-15-10-17-11(6-4-3-5-9-13)7-8-12(14)16-2/h9,11H,3-8,10H2,1-2H3/t11-/m1/s1. The molecule has 0 aromatic carbocycles. The molecule has 1 atom stereocenters. The summed E-state index contributed by atoms with van der Waals surface area (Å²) in [7, 11) is 2.93. The molecule has 17 heavy (non-hydrogen) atoms. The third-order valence-corrected chi connectivity index (χ3v) is 2.42. The van der Waals surface area contributed by atoms with Crippen molar-refractivity contribution in [1.82, 2.24) is 0 Å². The van der Waals surface area contributed by atoms with Crippen molar-refractivity contribution in [3.8, 4) is 0 Å². The van der Waals surface area contributed by atoms with Gasteiger partial charge in [-0.25, -0.2) is 0 Å². The molecule has 5 heteroatoms. The first-order valence-electron chi connectivity index (χ1n) is 5.85. The third-order valence-electron chi connectivity index (χ3n) is 2.42. The van der Waals surface area contributed by atoms with Gasteiger partial charge in [0.15, 0.2) is 0 Å². The van der Waals surface area contributed by atoms with E-state index in [0.717, 1.165) is 25.5 Å². The number of carbonyl (C=O) groups excluding carboxylic acids is 2. The van der Waals surface area contributed by atoms with Crippen LogP contribution in [0.25, 0.3) is 0 Å². The molecule has 0 aromatic heterocycles. The van der Waals surface area contributed by atoms with Crippen molar-refractivity contribution < 1.29 is 23.8 Å². The molecule has 0 bridgehead atoms. The van der Waals surface area contributed by atoms with E-state index in [-0.39, 0.29) is 18.9 Å². The summed E-state index contributed by atoms with van der Waals surface area (Å²) in [6, 6.07) is 0. The molecule has 0 saturated heterocycles. The van der Waals surface area contributed by atoms with Gasteiger partial charge in [-0.15, -0.1) is 0 Å². The molecule has 0 amide bonds. The molecular weight excluding hydrogens is 224 g/mol. The van der Waals surface area contributed by atoms with Crippen LogP contribution in [0.1, 0.15) is 38.5 Å². The summed E-state index contributed by atoms with van der Waals surface area (Å²) in [5, 5.41) is 0. The van der Waals surface area contributed by atoms with Crippen LogP contribution in [0.2, 0.25) is 0 Å². The Bertz CT molecular complexity index is 205. The molecule has 0 unspecified atom stereocenters. The summed E-state index contributed by atoms with van der Waals surface area (Å²) >= 11 is 0. The molecule has 0 spiro atoms. The van der Waals surface area contributed by atoms with Crippen LogP contribution >= 0.6 is 0 Å². The number of hydrogen-bond acceptors (Lipinski definition) is 5. The Morgan fingerprint density at radius 1 is 1.24 bits per heavy atom. The summed E-state index contributed by atoms with van der Waals surface area (Å²) in [6.07, 6.45) is 5.04. The van der Waals surface area contributed by atoms with Gasteiger partial charge in [0.2, 0.25) is 0 Å². The molecule has 5 nitrogen and oxygen atoms in total. The van der Waals surface area contributed by atoms with Gasteiger partial charge in [-0.05, 0) is 19.3 Å². The summed E-state index contributed by atoms with van der Waals surface area (Å²) in [5.74, 6) is -0.232. The second-order valence-electron chi connectivity index (χ2n) is 3.76. The van der Waals surface area contributed by atoms with Crippen LogP contribution in [-0.4, -0.2) is 39.4 Å². The average molecular weight is 246 g/mol. The predicted octanol–water partition coefficient (Wildman–Crippen LogP) is 1.69. The van der Waals surface area contributed by atoms with Gasteiger partial charge in [-0.1, -0.05) is 6.42 Å². The number of carbonyl (C=O) groups is 2. The fraction of sp³-hybridized carbons (Fsp3) is 0.833. The smallest absolute Gasteiger partial charge is 0.305 e. The largest absolute Gasteiger partial charge is 0.469 e. The quantitative estimate of drug-likeness (QED) is 0.240. The van der Waals surface area contributed by atoms with Crippen molar-refractivity contribution in [2.45, 2.75) is 44.6 Å². The minimum Gasteiger partial charge on any atom is -0.469 e. The number of aldehydes is 1. The van der Waals surface area contributed by atoms with Crippen LogP contribution in [0.3, 0.4) is 0 Å². The Morgan fingerprint density at radius 2 is 2.00 bits per heavy atom. The average Bonchev–Trinajstić information content (AvgIpc) is 2.36. The van der Waals surface area contributed by atoms with Gasteiger partial charge in [-0.2, -0.15) is 0 Å². The second-order valence-corrected chi connectivity index (χ2v) is 3.76. The van der Waals surface area contributed by atoms with Gasteiger partial charge in [0.05, 0.1) is 13.2 Å². The maximum absolute atomic E-state index is 11.0. The molecule has 0 fully saturated rings. The molecule has 0 aliphatic heterocycles. The lowest BCUT2D eigenvalue weighted by molar-refractivity contribution is -0.142. The van der Waals surface area contributed by atoms with E-state index < -0.39 is 0 Å². The number of esters is 1. The molecule has 0 aliphatic carbocycles. The maximum atomic E-state index is 11.0. The van der Waals surface area contributed by atoms with Crippen LogP contribution in [0.15, 0.2) is 0 Å². The SMILES string of the molecule is COCO[C@H](CCCCC=O)CCC(=O)OC. The highest BCUT2D eigenvalue weighted by molar-refractivity contribution is 5.69. The normalized spacial score (nSPS) is 12.1. The Morgan fingerprint density at radius 3 is 2.59 bits per heavy atom. The first kappa shape index (κ1) is 16.1.